The third kappa shape index (κ3) is 8.07. The number of thioether (sulfide) groups is 2. The standard InChI is InChI=1S/C42H52N4O7S4/c1-30(31-12-9-8-10-13-31)28-43-37(47)41(45(23-26-54-41)56(49,50)35-19-15-32(16-20-35)39(2,3)4)42(38(48)44-29-34-14-11-25-53-34)46(24-27-55-42)57(51,52)36-21-17-33(18-22-36)40(5,6)7/h8-22,25,30H,23-24,26-29H2,1-7H3,(H,43,47)(H,44,48). The van der Waals surface area contributed by atoms with E-state index in [9.17, 15) is 0 Å². The van der Waals surface area contributed by atoms with Gasteiger partial charge in [-0.25, -0.2) is 16.8 Å². The van der Waals surface area contributed by atoms with Crippen molar-refractivity contribution in [3.63, 3.8) is 0 Å². The zero-order valence-corrected chi connectivity index (χ0v) is 36.7. The van der Waals surface area contributed by atoms with Gasteiger partial charge >= 0.3 is 0 Å². The normalized spacial score (nSPS) is 21.7. The highest BCUT2D eigenvalue weighted by atomic mass is 32.2. The molecule has 0 aliphatic carbocycles. The molecule has 3 heterocycles. The van der Waals surface area contributed by atoms with Crippen LogP contribution in [-0.2, 0) is 47.0 Å². The lowest BCUT2D eigenvalue weighted by Gasteiger charge is -2.49. The number of hydrogen-bond donors (Lipinski definition) is 2. The van der Waals surface area contributed by atoms with E-state index in [-0.39, 0.29) is 64.2 Å². The Balaban J connectivity index is 1.55. The summed E-state index contributed by atoms with van der Waals surface area (Å²) in [5.41, 5.74) is 2.23. The molecule has 2 amide bonds. The van der Waals surface area contributed by atoms with Gasteiger partial charge in [0.2, 0.25) is 20.0 Å². The molecule has 0 saturated carbocycles. The van der Waals surface area contributed by atoms with Crippen LogP contribution in [0.25, 0.3) is 0 Å². The Hall–Kier alpha value is -3.60. The summed E-state index contributed by atoms with van der Waals surface area (Å²) in [6.45, 7) is 13.7. The highest BCUT2D eigenvalue weighted by molar-refractivity contribution is 8.07. The largest absolute Gasteiger partial charge is 0.467 e. The Morgan fingerprint density at radius 3 is 1.56 bits per heavy atom. The van der Waals surface area contributed by atoms with Crippen LogP contribution in [0.2, 0.25) is 0 Å². The highest BCUT2D eigenvalue weighted by Crippen LogP contribution is 2.58. The summed E-state index contributed by atoms with van der Waals surface area (Å²) in [6.07, 6.45) is 1.45. The summed E-state index contributed by atoms with van der Waals surface area (Å²) in [5.74, 6) is -1.20. The molecule has 3 aromatic carbocycles. The second-order valence-corrected chi connectivity index (χ2v) is 22.8. The van der Waals surface area contributed by atoms with E-state index < -0.39 is 41.6 Å². The van der Waals surface area contributed by atoms with Crippen LogP contribution in [0.15, 0.2) is 111 Å². The molecule has 0 bridgehead atoms. The fraction of sp³-hybridized carbons (Fsp3) is 0.429. The first kappa shape index (κ1) is 43.0. The second-order valence-electron chi connectivity index (χ2n) is 16.5. The highest BCUT2D eigenvalue weighted by Gasteiger charge is 2.75. The zero-order chi connectivity index (χ0) is 41.4. The smallest absolute Gasteiger partial charge is 0.255 e. The van der Waals surface area contributed by atoms with E-state index in [4.69, 9.17) is 4.42 Å². The van der Waals surface area contributed by atoms with E-state index in [1.165, 1.54) is 30.5 Å². The molecule has 57 heavy (non-hydrogen) atoms. The summed E-state index contributed by atoms with van der Waals surface area (Å²) in [5, 5.41) is 5.87. The zero-order valence-electron chi connectivity index (χ0n) is 33.4. The molecule has 15 heteroatoms. The van der Waals surface area contributed by atoms with Crippen LogP contribution in [0.4, 0.5) is 0 Å². The maximum atomic E-state index is 15.4. The van der Waals surface area contributed by atoms with Gasteiger partial charge in [-0.3, -0.25) is 9.59 Å². The molecule has 11 nitrogen and oxygen atoms in total. The molecule has 4 aromatic rings. The Labute approximate surface area is 345 Å². The predicted molar refractivity (Wildman–Crippen MR) is 227 cm³/mol. The Kier molecular flexibility index (Phi) is 12.2. The number of nitrogens with zero attached hydrogens (tertiary/aromatic N) is 2. The van der Waals surface area contributed by atoms with Crippen molar-refractivity contribution in [1.29, 1.82) is 0 Å². The van der Waals surface area contributed by atoms with Crippen molar-refractivity contribution >= 4 is 55.4 Å². The maximum Gasteiger partial charge on any atom is 0.255 e. The van der Waals surface area contributed by atoms with E-state index >= 15 is 26.4 Å². The first-order chi connectivity index (χ1) is 26.8. The number of benzene rings is 3. The SMILES string of the molecule is CC(CNC(=O)C1(C2(C(=O)NCc3ccco3)SCCN2S(=O)(=O)c2ccc(C(C)(C)C)cc2)SCCN1S(=O)(=O)c1ccc(C(C)(C)C)cc1)c1ccccc1. The van der Waals surface area contributed by atoms with Gasteiger partial charge in [0.05, 0.1) is 22.6 Å². The lowest BCUT2D eigenvalue weighted by atomic mass is 9.87. The van der Waals surface area contributed by atoms with Crippen LogP contribution in [0.5, 0.6) is 0 Å². The average Bonchev–Trinajstić information content (AvgIpc) is 3.97. The number of rotatable bonds is 12. The maximum absolute atomic E-state index is 15.4. The van der Waals surface area contributed by atoms with Gasteiger partial charge in [0.25, 0.3) is 11.8 Å². The van der Waals surface area contributed by atoms with Crippen LogP contribution >= 0.6 is 23.5 Å². The van der Waals surface area contributed by atoms with Crippen molar-refractivity contribution in [2.24, 2.45) is 0 Å². The molecule has 2 saturated heterocycles. The molecule has 2 aliphatic rings. The Morgan fingerprint density at radius 1 is 0.684 bits per heavy atom. The summed E-state index contributed by atoms with van der Waals surface area (Å²) < 4.78 is 68.0. The number of nitrogens with one attached hydrogen (secondary N) is 2. The number of carbonyl (C=O) groups excluding carboxylic acids is 2. The second kappa shape index (κ2) is 16.2. The van der Waals surface area contributed by atoms with Gasteiger partial charge in [-0.15, -0.1) is 23.5 Å². The summed E-state index contributed by atoms with van der Waals surface area (Å²) in [4.78, 5) is 25.9. The van der Waals surface area contributed by atoms with Crippen LogP contribution in [0.3, 0.4) is 0 Å². The van der Waals surface area contributed by atoms with Crippen LogP contribution in [0, 0.1) is 0 Å². The molecule has 2 aliphatic heterocycles. The van der Waals surface area contributed by atoms with Crippen molar-refractivity contribution in [3.8, 4) is 0 Å². The van der Waals surface area contributed by atoms with Gasteiger partial charge in [0.1, 0.15) is 5.76 Å². The lowest BCUT2D eigenvalue weighted by molar-refractivity contribution is -0.137. The number of amides is 2. The third-order valence-corrected chi connectivity index (χ3v) is 17.7. The van der Waals surface area contributed by atoms with Gasteiger partial charge in [-0.05, 0) is 69.8 Å². The van der Waals surface area contributed by atoms with Crippen molar-refractivity contribution in [1.82, 2.24) is 19.2 Å². The number of hydrogen-bond acceptors (Lipinski definition) is 9. The number of carbonyl (C=O) groups is 2. The molecule has 6 rings (SSSR count). The Morgan fingerprint density at radius 2 is 1.14 bits per heavy atom. The molecule has 2 fully saturated rings. The summed E-state index contributed by atoms with van der Waals surface area (Å²) >= 11 is 1.94. The van der Waals surface area contributed by atoms with E-state index in [2.05, 4.69) is 10.6 Å². The lowest BCUT2D eigenvalue weighted by Crippen LogP contribution is -2.76. The van der Waals surface area contributed by atoms with Gasteiger partial charge in [-0.2, -0.15) is 8.61 Å². The molecular weight excluding hydrogens is 801 g/mol. The monoisotopic (exact) mass is 852 g/mol. The first-order valence-electron chi connectivity index (χ1n) is 18.9. The molecular formula is C42H52N4O7S4. The minimum absolute atomic E-state index is 0.0749. The molecule has 1 aromatic heterocycles. The number of sulfonamides is 2. The van der Waals surface area contributed by atoms with E-state index in [0.29, 0.717) is 5.76 Å². The van der Waals surface area contributed by atoms with Crippen molar-refractivity contribution in [2.45, 2.75) is 91.3 Å². The average molecular weight is 853 g/mol. The summed E-state index contributed by atoms with van der Waals surface area (Å²) in [6, 6.07) is 25.9. The van der Waals surface area contributed by atoms with Crippen molar-refractivity contribution in [3.05, 3.63) is 120 Å². The third-order valence-electron chi connectivity index (χ3n) is 10.5. The molecule has 0 radical (unpaired) electrons. The quantitative estimate of drug-likeness (QED) is 0.160. The molecule has 3 unspecified atom stereocenters. The summed E-state index contributed by atoms with van der Waals surface area (Å²) in [7, 11) is -9.10. The van der Waals surface area contributed by atoms with Gasteiger partial charge in [0.15, 0.2) is 9.74 Å². The van der Waals surface area contributed by atoms with Crippen LogP contribution < -0.4 is 10.6 Å². The van der Waals surface area contributed by atoms with Gasteiger partial charge in [-0.1, -0.05) is 103 Å². The molecule has 2 N–H and O–H groups in total. The molecule has 0 spiro atoms. The van der Waals surface area contributed by atoms with Crippen molar-refractivity contribution in [2.75, 3.05) is 31.1 Å². The van der Waals surface area contributed by atoms with Gasteiger partial charge < -0.3 is 15.1 Å². The van der Waals surface area contributed by atoms with Crippen LogP contribution in [0.1, 0.15) is 76.8 Å². The first-order valence-corrected chi connectivity index (χ1v) is 23.8. The fourth-order valence-corrected chi connectivity index (χ4v) is 14.9. The molecule has 306 valence electrons. The topological polar surface area (TPSA) is 146 Å². The predicted octanol–water partition coefficient (Wildman–Crippen LogP) is 6.68. The fourth-order valence-electron chi connectivity index (χ4n) is 7.26. The molecule has 3 atom stereocenters. The van der Waals surface area contributed by atoms with Gasteiger partial charge in [0, 0.05) is 31.1 Å². The van der Waals surface area contributed by atoms with Crippen LogP contribution in [-0.4, -0.2) is 78.1 Å². The minimum atomic E-state index is -4.55. The van der Waals surface area contributed by atoms with E-state index in [1.54, 1.807) is 36.4 Å². The Bertz CT molecular complexity index is 2270. The number of furan rings is 1. The van der Waals surface area contributed by atoms with Crippen molar-refractivity contribution < 1.29 is 30.8 Å². The minimum Gasteiger partial charge on any atom is -0.467 e. The van der Waals surface area contributed by atoms with E-state index in [0.717, 1.165) is 48.8 Å². The van der Waals surface area contributed by atoms with E-state index in [1.807, 2.05) is 78.8 Å².